The number of nitro benzene ring substituents is 1. The molecule has 1 fully saturated rings. The molecule has 2 rings (SSSR count). The highest BCUT2D eigenvalue weighted by atomic mass is 16.6. The van der Waals surface area contributed by atoms with Gasteiger partial charge in [0.15, 0.2) is 0 Å². The molecule has 0 aliphatic heterocycles. The lowest BCUT2D eigenvalue weighted by Crippen LogP contribution is -2.58. The van der Waals surface area contributed by atoms with Crippen LogP contribution in [0, 0.1) is 17.0 Å². The maximum Gasteiger partial charge on any atom is 0.408 e. The molecule has 0 radical (unpaired) electrons. The molecule has 3 amide bonds. The van der Waals surface area contributed by atoms with Crippen molar-refractivity contribution in [1.82, 2.24) is 9.80 Å². The summed E-state index contributed by atoms with van der Waals surface area (Å²) < 4.78 is 0. The number of carboxylic acid groups (broad SMARTS) is 1. The minimum absolute atomic E-state index is 0.134. The summed E-state index contributed by atoms with van der Waals surface area (Å²) in [4.78, 5) is 51.4. The van der Waals surface area contributed by atoms with Crippen LogP contribution in [0.25, 0.3) is 0 Å². The number of carbonyl (C=O) groups excluding carboxylic acids is 2. The van der Waals surface area contributed by atoms with Crippen LogP contribution in [0.4, 0.5) is 10.5 Å². The molecule has 9 heteroatoms. The number of benzene rings is 1. The number of aryl methyl sites for hydroxylation is 1. The van der Waals surface area contributed by atoms with Gasteiger partial charge >= 0.3 is 6.09 Å². The van der Waals surface area contributed by atoms with Gasteiger partial charge in [-0.2, -0.15) is 0 Å². The average molecular weight is 405 g/mol. The van der Waals surface area contributed by atoms with Gasteiger partial charge in [0.05, 0.1) is 4.92 Å². The minimum Gasteiger partial charge on any atom is -0.465 e. The van der Waals surface area contributed by atoms with E-state index < -0.39 is 34.4 Å². The largest absolute Gasteiger partial charge is 0.465 e. The van der Waals surface area contributed by atoms with Crippen molar-refractivity contribution in [2.75, 3.05) is 0 Å². The molecule has 29 heavy (non-hydrogen) atoms. The van der Waals surface area contributed by atoms with Crippen molar-refractivity contribution in [3.63, 3.8) is 0 Å². The van der Waals surface area contributed by atoms with E-state index in [-0.39, 0.29) is 23.7 Å². The molecule has 0 saturated heterocycles. The molecule has 0 aromatic heterocycles. The standard InChI is InChI=1S/C20H27N3O6/c1-6-14(22(19(26)27)20(3,4)5)17(24)21(13-10-11-13)18(25)16-12(2)8-7-9-15(16)23(28)29/h7-9,13-14H,6,10-11H2,1-5H3,(H,26,27). The van der Waals surface area contributed by atoms with Crippen molar-refractivity contribution in [3.8, 4) is 0 Å². The summed E-state index contributed by atoms with van der Waals surface area (Å²) in [6.45, 7) is 8.27. The SMILES string of the molecule is CCC(C(=O)N(C(=O)c1c(C)cccc1[N+](=O)[O-])C1CC1)N(C(=O)O)C(C)(C)C. The van der Waals surface area contributed by atoms with Crippen LogP contribution in [0.3, 0.4) is 0 Å². The number of rotatable bonds is 6. The quantitative estimate of drug-likeness (QED) is 0.570. The van der Waals surface area contributed by atoms with Crippen LogP contribution >= 0.6 is 0 Å². The van der Waals surface area contributed by atoms with E-state index in [1.807, 2.05) is 0 Å². The third-order valence-electron chi connectivity index (χ3n) is 4.94. The molecule has 1 atom stereocenters. The second kappa shape index (κ2) is 8.18. The molecule has 1 aliphatic carbocycles. The fourth-order valence-electron chi connectivity index (χ4n) is 3.50. The number of nitro groups is 1. The summed E-state index contributed by atoms with van der Waals surface area (Å²) in [6, 6.07) is 2.84. The zero-order valence-electron chi connectivity index (χ0n) is 17.3. The molecule has 158 valence electrons. The first-order chi connectivity index (χ1) is 13.4. The van der Waals surface area contributed by atoms with Crippen LogP contribution in [0.5, 0.6) is 0 Å². The zero-order chi connectivity index (χ0) is 22.1. The van der Waals surface area contributed by atoms with Crippen molar-refractivity contribution in [3.05, 3.63) is 39.4 Å². The van der Waals surface area contributed by atoms with Gasteiger partial charge < -0.3 is 5.11 Å². The van der Waals surface area contributed by atoms with Gasteiger partial charge in [0.2, 0.25) is 0 Å². The molecule has 1 saturated carbocycles. The van der Waals surface area contributed by atoms with Crippen molar-refractivity contribution in [2.45, 2.75) is 71.5 Å². The van der Waals surface area contributed by atoms with Crippen LogP contribution in [0.2, 0.25) is 0 Å². The molecule has 1 aromatic carbocycles. The summed E-state index contributed by atoms with van der Waals surface area (Å²) in [5.74, 6) is -1.39. The predicted octanol–water partition coefficient (Wildman–Crippen LogP) is 3.59. The monoisotopic (exact) mass is 405 g/mol. The van der Waals surface area contributed by atoms with Gasteiger partial charge in [0.25, 0.3) is 17.5 Å². The first kappa shape index (κ1) is 22.3. The second-order valence-electron chi connectivity index (χ2n) is 8.22. The van der Waals surface area contributed by atoms with E-state index in [0.29, 0.717) is 18.4 Å². The van der Waals surface area contributed by atoms with E-state index in [1.54, 1.807) is 40.7 Å². The maximum atomic E-state index is 13.4. The molecule has 1 unspecified atom stereocenters. The number of nitrogens with zero attached hydrogens (tertiary/aromatic N) is 3. The summed E-state index contributed by atoms with van der Waals surface area (Å²) in [6.07, 6.45) is 0.101. The van der Waals surface area contributed by atoms with Gasteiger partial charge in [-0.05, 0) is 52.5 Å². The first-order valence-corrected chi connectivity index (χ1v) is 9.55. The van der Waals surface area contributed by atoms with Gasteiger partial charge in [0.1, 0.15) is 11.6 Å². The van der Waals surface area contributed by atoms with Gasteiger partial charge in [-0.3, -0.25) is 29.5 Å². The summed E-state index contributed by atoms with van der Waals surface area (Å²) >= 11 is 0. The molecule has 1 N–H and O–H groups in total. The zero-order valence-corrected chi connectivity index (χ0v) is 17.3. The molecule has 1 aliphatic rings. The Morgan fingerprint density at radius 1 is 1.28 bits per heavy atom. The van der Waals surface area contributed by atoms with Crippen molar-refractivity contribution >= 4 is 23.6 Å². The lowest BCUT2D eigenvalue weighted by molar-refractivity contribution is -0.385. The summed E-state index contributed by atoms with van der Waals surface area (Å²) in [7, 11) is 0. The van der Waals surface area contributed by atoms with Gasteiger partial charge in [0, 0.05) is 17.6 Å². The molecule has 9 nitrogen and oxygen atoms in total. The highest BCUT2D eigenvalue weighted by Crippen LogP contribution is 2.33. The fourth-order valence-corrected chi connectivity index (χ4v) is 3.50. The molecule has 0 heterocycles. The Hall–Kier alpha value is -2.97. The number of carbonyl (C=O) groups is 3. The predicted molar refractivity (Wildman–Crippen MR) is 106 cm³/mol. The highest BCUT2D eigenvalue weighted by Gasteiger charge is 2.46. The Labute approximate surface area is 169 Å². The lowest BCUT2D eigenvalue weighted by Gasteiger charge is -2.40. The normalized spacial score (nSPS) is 14.8. The highest BCUT2D eigenvalue weighted by molar-refractivity contribution is 6.09. The molecular formula is C20H27N3O6. The average Bonchev–Trinajstić information content (AvgIpc) is 3.42. The topological polar surface area (TPSA) is 121 Å². The number of hydrogen-bond donors (Lipinski definition) is 1. The Morgan fingerprint density at radius 2 is 1.86 bits per heavy atom. The molecular weight excluding hydrogens is 378 g/mol. The number of imide groups is 1. The number of hydrogen-bond acceptors (Lipinski definition) is 5. The fraction of sp³-hybridized carbons (Fsp3) is 0.550. The van der Waals surface area contributed by atoms with Gasteiger partial charge in [-0.25, -0.2) is 4.79 Å². The van der Waals surface area contributed by atoms with Crippen LogP contribution in [0.1, 0.15) is 62.9 Å². The first-order valence-electron chi connectivity index (χ1n) is 9.55. The molecule has 1 aromatic rings. The van der Waals surface area contributed by atoms with Gasteiger partial charge in [-0.1, -0.05) is 19.1 Å². The third-order valence-corrected chi connectivity index (χ3v) is 4.94. The van der Waals surface area contributed by atoms with E-state index >= 15 is 0 Å². The molecule has 0 spiro atoms. The van der Waals surface area contributed by atoms with Crippen LogP contribution in [-0.4, -0.2) is 55.4 Å². The van der Waals surface area contributed by atoms with E-state index in [4.69, 9.17) is 0 Å². The van der Waals surface area contributed by atoms with Crippen molar-refractivity contribution < 1.29 is 24.4 Å². The summed E-state index contributed by atoms with van der Waals surface area (Å²) in [5, 5.41) is 21.1. The van der Waals surface area contributed by atoms with Crippen molar-refractivity contribution in [2.24, 2.45) is 0 Å². The molecule has 0 bridgehead atoms. The van der Waals surface area contributed by atoms with E-state index in [9.17, 15) is 29.6 Å². The maximum absolute atomic E-state index is 13.4. The Balaban J connectivity index is 2.52. The summed E-state index contributed by atoms with van der Waals surface area (Å²) in [5.41, 5.74) is -0.978. The van der Waals surface area contributed by atoms with E-state index in [2.05, 4.69) is 0 Å². The van der Waals surface area contributed by atoms with Crippen LogP contribution in [-0.2, 0) is 4.79 Å². The Morgan fingerprint density at radius 3 is 2.28 bits per heavy atom. The third kappa shape index (κ3) is 4.55. The van der Waals surface area contributed by atoms with Crippen molar-refractivity contribution in [1.29, 1.82) is 0 Å². The number of amides is 3. The van der Waals surface area contributed by atoms with Crippen LogP contribution < -0.4 is 0 Å². The lowest BCUT2D eigenvalue weighted by atomic mass is 10.00. The van der Waals surface area contributed by atoms with Gasteiger partial charge in [-0.15, -0.1) is 0 Å². The van der Waals surface area contributed by atoms with E-state index in [0.717, 1.165) is 9.80 Å². The Kier molecular flexibility index (Phi) is 6.30. The van der Waals surface area contributed by atoms with E-state index in [1.165, 1.54) is 12.1 Å². The Bertz CT molecular complexity index is 841. The smallest absolute Gasteiger partial charge is 0.408 e. The minimum atomic E-state index is -1.26. The second-order valence-corrected chi connectivity index (χ2v) is 8.22. The van der Waals surface area contributed by atoms with Crippen LogP contribution in [0.15, 0.2) is 18.2 Å².